The van der Waals surface area contributed by atoms with E-state index in [0.29, 0.717) is 13.0 Å². The zero-order valence-electron chi connectivity index (χ0n) is 10.1. The number of rotatable bonds is 6. The maximum atomic E-state index is 11.3. The summed E-state index contributed by atoms with van der Waals surface area (Å²) in [6.45, 7) is 1.43. The third kappa shape index (κ3) is 3.86. The van der Waals surface area contributed by atoms with E-state index >= 15 is 0 Å². The van der Waals surface area contributed by atoms with Crippen molar-refractivity contribution >= 4 is 5.97 Å². The van der Waals surface area contributed by atoms with Gasteiger partial charge in [-0.05, 0) is 29.9 Å². The van der Waals surface area contributed by atoms with Crippen molar-refractivity contribution in [3.8, 4) is 0 Å². The van der Waals surface area contributed by atoms with E-state index in [9.17, 15) is 4.79 Å². The molecule has 0 unspecified atom stereocenters. The summed E-state index contributed by atoms with van der Waals surface area (Å²) in [6.07, 6.45) is 2.91. The van der Waals surface area contributed by atoms with E-state index in [0.717, 1.165) is 23.7 Å². The molecule has 1 saturated carbocycles. The number of methoxy groups -OCH3 is 1. The van der Waals surface area contributed by atoms with Gasteiger partial charge in [0.25, 0.3) is 0 Å². The molecule has 0 spiro atoms. The van der Waals surface area contributed by atoms with Crippen molar-refractivity contribution in [3.63, 3.8) is 0 Å². The van der Waals surface area contributed by atoms with Crippen LogP contribution in [-0.2, 0) is 27.3 Å². The monoisotopic (exact) mass is 234 g/mol. The summed E-state index contributed by atoms with van der Waals surface area (Å²) in [6, 6.07) is 7.86. The Balaban J connectivity index is 1.91. The lowest BCUT2D eigenvalue weighted by atomic mass is 10.1. The molecular formula is C14H18O3. The Morgan fingerprint density at radius 2 is 2.00 bits per heavy atom. The first-order valence-corrected chi connectivity index (χ1v) is 6.01. The highest BCUT2D eigenvalue weighted by Gasteiger charge is 2.21. The highest BCUT2D eigenvalue weighted by atomic mass is 16.5. The number of carbonyl (C=O) groups excluding carboxylic acids is 1. The van der Waals surface area contributed by atoms with Gasteiger partial charge in [0.15, 0.2) is 0 Å². The SMILES string of the molecule is COC(=O)Cc1ccccc1COCC1CC1. The van der Waals surface area contributed by atoms with Crippen molar-refractivity contribution in [2.24, 2.45) is 5.92 Å². The number of carbonyl (C=O) groups is 1. The molecule has 0 bridgehead atoms. The summed E-state index contributed by atoms with van der Waals surface area (Å²) < 4.78 is 10.3. The molecule has 0 radical (unpaired) electrons. The van der Waals surface area contributed by atoms with Crippen LogP contribution in [0.2, 0.25) is 0 Å². The molecule has 3 heteroatoms. The van der Waals surface area contributed by atoms with Gasteiger partial charge in [0, 0.05) is 6.61 Å². The zero-order chi connectivity index (χ0) is 12.1. The summed E-state index contributed by atoms with van der Waals surface area (Å²) in [5.74, 6) is 0.558. The Hall–Kier alpha value is -1.35. The largest absolute Gasteiger partial charge is 0.469 e. The van der Waals surface area contributed by atoms with Crippen LogP contribution in [0.25, 0.3) is 0 Å². The molecule has 0 heterocycles. The van der Waals surface area contributed by atoms with Gasteiger partial charge in [-0.15, -0.1) is 0 Å². The number of esters is 1. The first-order chi connectivity index (χ1) is 8.29. The van der Waals surface area contributed by atoms with Crippen molar-refractivity contribution < 1.29 is 14.3 Å². The summed E-state index contributed by atoms with van der Waals surface area (Å²) in [5, 5.41) is 0. The van der Waals surface area contributed by atoms with Crippen LogP contribution in [-0.4, -0.2) is 19.7 Å². The van der Waals surface area contributed by atoms with E-state index in [4.69, 9.17) is 4.74 Å². The number of hydrogen-bond donors (Lipinski definition) is 0. The molecular weight excluding hydrogens is 216 g/mol. The molecule has 1 aromatic carbocycles. The summed E-state index contributed by atoms with van der Waals surface area (Å²) in [5.41, 5.74) is 2.08. The van der Waals surface area contributed by atoms with Gasteiger partial charge in [-0.2, -0.15) is 0 Å². The van der Waals surface area contributed by atoms with Gasteiger partial charge in [-0.25, -0.2) is 0 Å². The molecule has 1 aliphatic rings. The first kappa shape index (κ1) is 12.1. The van der Waals surface area contributed by atoms with Crippen LogP contribution >= 0.6 is 0 Å². The molecule has 1 fully saturated rings. The van der Waals surface area contributed by atoms with Crippen LogP contribution < -0.4 is 0 Å². The van der Waals surface area contributed by atoms with Crippen LogP contribution in [0.4, 0.5) is 0 Å². The molecule has 3 nitrogen and oxygen atoms in total. The molecule has 92 valence electrons. The number of benzene rings is 1. The van der Waals surface area contributed by atoms with E-state index in [2.05, 4.69) is 4.74 Å². The maximum Gasteiger partial charge on any atom is 0.309 e. The van der Waals surface area contributed by atoms with Crippen LogP contribution in [0.3, 0.4) is 0 Å². The highest BCUT2D eigenvalue weighted by Crippen LogP contribution is 2.29. The predicted octanol–water partition coefficient (Wildman–Crippen LogP) is 2.33. The fourth-order valence-corrected chi connectivity index (χ4v) is 1.72. The Morgan fingerprint density at radius 3 is 2.65 bits per heavy atom. The van der Waals surface area contributed by atoms with Gasteiger partial charge >= 0.3 is 5.97 Å². The van der Waals surface area contributed by atoms with Gasteiger partial charge in [0.05, 0.1) is 20.1 Å². The van der Waals surface area contributed by atoms with E-state index in [1.54, 1.807) is 0 Å². The van der Waals surface area contributed by atoms with Crippen molar-refractivity contribution in [2.45, 2.75) is 25.9 Å². The van der Waals surface area contributed by atoms with E-state index < -0.39 is 0 Å². The molecule has 1 aliphatic carbocycles. The van der Waals surface area contributed by atoms with Gasteiger partial charge < -0.3 is 9.47 Å². The Morgan fingerprint density at radius 1 is 1.29 bits per heavy atom. The van der Waals surface area contributed by atoms with E-state index in [-0.39, 0.29) is 5.97 Å². The highest BCUT2D eigenvalue weighted by molar-refractivity contribution is 5.72. The fraction of sp³-hybridized carbons (Fsp3) is 0.500. The van der Waals surface area contributed by atoms with Crippen molar-refractivity contribution in [1.82, 2.24) is 0 Å². The maximum absolute atomic E-state index is 11.3. The lowest BCUT2D eigenvalue weighted by Crippen LogP contribution is -2.08. The molecule has 0 saturated heterocycles. The Bertz CT molecular complexity index is 383. The molecule has 17 heavy (non-hydrogen) atoms. The molecule has 0 atom stereocenters. The second kappa shape index (κ2) is 5.82. The fourth-order valence-electron chi connectivity index (χ4n) is 1.72. The molecule has 1 aromatic rings. The summed E-state index contributed by atoms with van der Waals surface area (Å²) >= 11 is 0. The summed E-state index contributed by atoms with van der Waals surface area (Å²) in [4.78, 5) is 11.3. The second-order valence-corrected chi connectivity index (χ2v) is 4.48. The van der Waals surface area contributed by atoms with Crippen molar-refractivity contribution in [3.05, 3.63) is 35.4 Å². The van der Waals surface area contributed by atoms with Crippen molar-refractivity contribution in [2.75, 3.05) is 13.7 Å². The standard InChI is InChI=1S/C14H18O3/c1-16-14(15)8-12-4-2-3-5-13(12)10-17-9-11-6-7-11/h2-5,11H,6-10H2,1H3. The smallest absolute Gasteiger partial charge is 0.309 e. The van der Waals surface area contributed by atoms with Crippen LogP contribution in [0.15, 0.2) is 24.3 Å². The Kier molecular flexibility index (Phi) is 4.15. The minimum atomic E-state index is -0.209. The van der Waals surface area contributed by atoms with Gasteiger partial charge in [-0.3, -0.25) is 4.79 Å². The zero-order valence-corrected chi connectivity index (χ0v) is 10.1. The quantitative estimate of drug-likeness (QED) is 0.709. The first-order valence-electron chi connectivity index (χ1n) is 6.01. The van der Waals surface area contributed by atoms with Crippen molar-refractivity contribution in [1.29, 1.82) is 0 Å². The normalized spacial score (nSPS) is 14.6. The average Bonchev–Trinajstić information content (AvgIpc) is 3.15. The lowest BCUT2D eigenvalue weighted by molar-refractivity contribution is -0.139. The number of hydrogen-bond acceptors (Lipinski definition) is 3. The second-order valence-electron chi connectivity index (χ2n) is 4.48. The predicted molar refractivity (Wildman–Crippen MR) is 64.5 cm³/mol. The van der Waals surface area contributed by atoms with Crippen LogP contribution in [0.1, 0.15) is 24.0 Å². The summed E-state index contributed by atoms with van der Waals surface area (Å²) in [7, 11) is 1.41. The van der Waals surface area contributed by atoms with Gasteiger partial charge in [0.2, 0.25) is 0 Å². The third-order valence-electron chi connectivity index (χ3n) is 2.99. The average molecular weight is 234 g/mol. The molecule has 0 aromatic heterocycles. The lowest BCUT2D eigenvalue weighted by Gasteiger charge is -2.09. The van der Waals surface area contributed by atoms with E-state index in [1.807, 2.05) is 24.3 Å². The number of ether oxygens (including phenoxy) is 2. The molecule has 0 N–H and O–H groups in total. The topological polar surface area (TPSA) is 35.5 Å². The van der Waals surface area contributed by atoms with Gasteiger partial charge in [-0.1, -0.05) is 24.3 Å². The Labute approximate surface area is 102 Å². The van der Waals surface area contributed by atoms with Crippen LogP contribution in [0, 0.1) is 5.92 Å². The van der Waals surface area contributed by atoms with Crippen LogP contribution in [0.5, 0.6) is 0 Å². The minimum absolute atomic E-state index is 0.209. The molecule has 0 amide bonds. The van der Waals surface area contributed by atoms with E-state index in [1.165, 1.54) is 20.0 Å². The third-order valence-corrected chi connectivity index (χ3v) is 2.99. The molecule has 0 aliphatic heterocycles. The molecule has 2 rings (SSSR count). The minimum Gasteiger partial charge on any atom is -0.469 e. The van der Waals surface area contributed by atoms with Gasteiger partial charge in [0.1, 0.15) is 0 Å².